The van der Waals surface area contributed by atoms with E-state index in [4.69, 9.17) is 139 Å². The molecule has 0 nitrogen and oxygen atoms in total. The lowest BCUT2D eigenvalue weighted by Crippen LogP contribution is -2.79. The molecule has 0 bridgehead atoms. The van der Waals surface area contributed by atoms with E-state index in [2.05, 4.69) is 0 Å². The summed E-state index contributed by atoms with van der Waals surface area (Å²) >= 11 is 84.2. The van der Waals surface area contributed by atoms with Crippen LogP contribution in [0.5, 0.6) is 0 Å². The normalized spacial score (nSPS) is 65.7. The predicted molar refractivity (Wildman–Crippen MR) is 134 cm³/mol. The maximum Gasteiger partial charge on any atom is 0.125 e. The number of halogens is 12. The summed E-state index contributed by atoms with van der Waals surface area (Å²) in [5.41, 5.74) is 0. The fourth-order valence-electron chi connectivity index (χ4n) is 5.61. The second-order valence-corrected chi connectivity index (χ2v) is 15.2. The third-order valence-corrected chi connectivity index (χ3v) is 16.9. The summed E-state index contributed by atoms with van der Waals surface area (Å²) in [5, 5.41) is -2.29. The van der Waals surface area contributed by atoms with Gasteiger partial charge in [-0.2, -0.15) is 0 Å². The lowest BCUT2D eigenvalue weighted by atomic mass is 9.62. The number of hydrogen-bond acceptors (Lipinski definition) is 0. The predicted octanol–water partition coefficient (Wildman–Crippen LogP) is 8.67. The first-order valence-electron chi connectivity index (χ1n) is 8.73. The Morgan fingerprint density at radius 1 is 0.667 bits per heavy atom. The highest BCUT2D eigenvalue weighted by Gasteiger charge is 3.00. The number of hydrogen-bond donors (Lipinski definition) is 0. The Bertz CT molecular complexity index is 978. The van der Waals surface area contributed by atoms with Gasteiger partial charge in [-0.15, -0.1) is 116 Å². The van der Waals surface area contributed by atoms with Crippen LogP contribution in [0.3, 0.4) is 0 Å². The molecule has 10 atom stereocenters. The molecule has 0 heterocycles. The first-order chi connectivity index (χ1) is 13.5. The van der Waals surface area contributed by atoms with Crippen molar-refractivity contribution in [2.45, 2.75) is 62.6 Å². The first kappa shape index (κ1) is 24.4. The molecule has 0 saturated heterocycles. The van der Waals surface area contributed by atoms with E-state index in [1.807, 2.05) is 0 Å². The Balaban J connectivity index is 1.95. The Morgan fingerprint density at radius 2 is 1.13 bits per heavy atom. The van der Waals surface area contributed by atoms with Crippen molar-refractivity contribution >= 4 is 139 Å². The number of allylic oxidation sites excluding steroid dienone is 6. The topological polar surface area (TPSA) is 0 Å². The average molecular weight is 652 g/mol. The molecular weight excluding hydrogens is 642 g/mol. The fourth-order valence-corrected chi connectivity index (χ4v) is 12.6. The van der Waals surface area contributed by atoms with Gasteiger partial charge in [-0.3, -0.25) is 0 Å². The number of rotatable bonds is 0. The van der Waals surface area contributed by atoms with Gasteiger partial charge in [0, 0.05) is 0 Å². The van der Waals surface area contributed by atoms with Crippen molar-refractivity contribution in [3.8, 4) is 0 Å². The van der Waals surface area contributed by atoms with Gasteiger partial charge in [-0.25, -0.2) is 0 Å². The van der Waals surface area contributed by atoms with Gasteiger partial charge in [-0.05, 0) is 12.8 Å². The van der Waals surface area contributed by atoms with E-state index in [0.717, 1.165) is 0 Å². The van der Waals surface area contributed by atoms with Crippen molar-refractivity contribution in [1.82, 2.24) is 0 Å². The van der Waals surface area contributed by atoms with Gasteiger partial charge in [-0.1, -0.05) is 47.5 Å². The molecule has 5 aliphatic rings. The smallest absolute Gasteiger partial charge is 0.119 e. The molecule has 3 fully saturated rings. The molecule has 30 heavy (non-hydrogen) atoms. The van der Waals surface area contributed by atoms with E-state index in [9.17, 15) is 0 Å². The molecule has 0 aromatic heterocycles. The second-order valence-electron chi connectivity index (χ2n) is 8.54. The molecule has 10 unspecified atom stereocenters. The van der Waals surface area contributed by atoms with E-state index in [-0.39, 0.29) is 22.9 Å². The molecule has 5 aliphatic carbocycles. The fraction of sp³-hybridized carbons (Fsp3) is 0.667. The van der Waals surface area contributed by atoms with Crippen LogP contribution < -0.4 is 0 Å². The van der Waals surface area contributed by atoms with Crippen LogP contribution in [0.25, 0.3) is 0 Å². The standard InChI is InChI=1S/C18H10Cl12/c19-7-8(20)10(22)18(30)16(28)6-15(16,27)14(26)5-13(14,25)11(23)3-1-2-4-12(11,24)17(18,29)9(7)21/h1-4,7,9H,5-6H2. The van der Waals surface area contributed by atoms with E-state index in [1.165, 1.54) is 0 Å². The number of fused-ring (bicyclic) bond motifs is 8. The van der Waals surface area contributed by atoms with Crippen molar-refractivity contribution in [2.24, 2.45) is 0 Å². The summed E-state index contributed by atoms with van der Waals surface area (Å²) in [6, 6.07) is 0. The van der Waals surface area contributed by atoms with Crippen LogP contribution in [-0.2, 0) is 0 Å². The molecule has 0 aromatic rings. The van der Waals surface area contributed by atoms with Gasteiger partial charge < -0.3 is 0 Å². The van der Waals surface area contributed by atoms with E-state index in [1.54, 1.807) is 24.3 Å². The molecule has 0 aliphatic heterocycles. The molecule has 0 aromatic carbocycles. The molecule has 0 radical (unpaired) electrons. The van der Waals surface area contributed by atoms with Gasteiger partial charge in [0.15, 0.2) is 0 Å². The van der Waals surface area contributed by atoms with Crippen molar-refractivity contribution in [2.75, 3.05) is 0 Å². The third-order valence-electron chi connectivity index (χ3n) is 7.45. The molecule has 166 valence electrons. The largest absolute Gasteiger partial charge is 0.125 e. The molecule has 0 amide bonds. The minimum atomic E-state index is -1.89. The van der Waals surface area contributed by atoms with Crippen LogP contribution in [0.4, 0.5) is 0 Å². The average Bonchev–Trinajstić information content (AvgIpc) is 3.50. The molecule has 5 rings (SSSR count). The summed E-state index contributed by atoms with van der Waals surface area (Å²) in [6.45, 7) is 0. The van der Waals surface area contributed by atoms with Gasteiger partial charge in [0.25, 0.3) is 0 Å². The van der Waals surface area contributed by atoms with Crippen LogP contribution >= 0.6 is 139 Å². The van der Waals surface area contributed by atoms with Crippen LogP contribution in [0.1, 0.15) is 12.8 Å². The monoisotopic (exact) mass is 646 g/mol. The molecule has 12 heteroatoms. The van der Waals surface area contributed by atoms with Gasteiger partial charge in [0.05, 0.1) is 40.3 Å². The van der Waals surface area contributed by atoms with Crippen LogP contribution in [-0.4, -0.2) is 49.7 Å². The highest BCUT2D eigenvalue weighted by Crippen LogP contribution is 2.89. The Kier molecular flexibility index (Phi) is 5.15. The summed E-state index contributed by atoms with van der Waals surface area (Å²) in [5.74, 6) is 0. The maximum absolute atomic E-state index is 7.40. The molecule has 3 saturated carbocycles. The lowest BCUT2D eigenvalue weighted by Gasteiger charge is -2.63. The van der Waals surface area contributed by atoms with Crippen molar-refractivity contribution in [3.63, 3.8) is 0 Å². The van der Waals surface area contributed by atoms with Crippen LogP contribution in [0, 0.1) is 0 Å². The summed E-state index contributed by atoms with van der Waals surface area (Å²) < 4.78 is 0. The van der Waals surface area contributed by atoms with Crippen molar-refractivity contribution < 1.29 is 0 Å². The lowest BCUT2D eigenvalue weighted by molar-refractivity contribution is 0.276. The van der Waals surface area contributed by atoms with Gasteiger partial charge in [0.1, 0.15) is 19.5 Å². The maximum atomic E-state index is 7.40. The zero-order chi connectivity index (χ0) is 22.6. The summed E-state index contributed by atoms with van der Waals surface area (Å²) in [4.78, 5) is -12.5. The summed E-state index contributed by atoms with van der Waals surface area (Å²) in [7, 11) is 0. The van der Waals surface area contributed by atoms with Crippen LogP contribution in [0.15, 0.2) is 34.4 Å². The zero-order valence-corrected chi connectivity index (χ0v) is 23.5. The Morgan fingerprint density at radius 3 is 1.70 bits per heavy atom. The summed E-state index contributed by atoms with van der Waals surface area (Å²) in [6.07, 6.45) is 6.88. The highest BCUT2D eigenvalue weighted by molar-refractivity contribution is 6.62. The molecular formula is C18H10Cl12. The Hall–Kier alpha value is 2.70. The van der Waals surface area contributed by atoms with Crippen LogP contribution in [0.2, 0.25) is 0 Å². The minimum Gasteiger partial charge on any atom is -0.119 e. The third kappa shape index (κ3) is 2.02. The quantitative estimate of drug-likeness (QED) is 0.182. The van der Waals surface area contributed by atoms with Gasteiger partial charge in [0.2, 0.25) is 0 Å². The van der Waals surface area contributed by atoms with E-state index in [0.29, 0.717) is 0 Å². The van der Waals surface area contributed by atoms with Crippen molar-refractivity contribution in [1.29, 1.82) is 0 Å². The highest BCUT2D eigenvalue weighted by atomic mass is 35.5. The Labute approximate surface area is 233 Å². The van der Waals surface area contributed by atoms with Gasteiger partial charge >= 0.3 is 0 Å². The second kappa shape index (κ2) is 6.33. The van der Waals surface area contributed by atoms with E-state index >= 15 is 0 Å². The minimum absolute atomic E-state index is 0.00319. The van der Waals surface area contributed by atoms with Crippen molar-refractivity contribution in [3.05, 3.63) is 34.4 Å². The first-order valence-corrected chi connectivity index (χ1v) is 13.4. The van der Waals surface area contributed by atoms with E-state index < -0.39 is 49.7 Å². The SMILES string of the molecule is ClC1=C(Cl)C2(Cl)C3(Cl)CC3(Cl)C3(Cl)CC3(Cl)C3(Cl)C=CC=CC3(Cl)C2(Cl)C(Cl)C1Cl. The molecule has 0 N–H and O–H groups in total. The number of alkyl halides is 10. The zero-order valence-electron chi connectivity index (χ0n) is 14.4. The molecule has 0 spiro atoms.